The second kappa shape index (κ2) is 5.40. The van der Waals surface area contributed by atoms with Crippen molar-refractivity contribution in [3.05, 3.63) is 39.9 Å². The molecular weight excluding hydrogens is 268 g/mol. The van der Waals surface area contributed by atoms with Gasteiger partial charge in [-0.2, -0.15) is 0 Å². The van der Waals surface area contributed by atoms with E-state index < -0.39 is 21.3 Å². The van der Waals surface area contributed by atoms with Gasteiger partial charge in [0.15, 0.2) is 0 Å². The van der Waals surface area contributed by atoms with E-state index in [-0.39, 0.29) is 11.6 Å². The molecule has 0 aliphatic carbocycles. The lowest BCUT2D eigenvalue weighted by Crippen LogP contribution is -2.40. The summed E-state index contributed by atoms with van der Waals surface area (Å²) in [7, 11) is 0. The zero-order chi connectivity index (χ0) is 14.0. The summed E-state index contributed by atoms with van der Waals surface area (Å²) in [6.07, 6.45) is 0.517. The van der Waals surface area contributed by atoms with Crippen molar-refractivity contribution < 1.29 is 14.5 Å². The molecule has 6 nitrogen and oxygen atoms in total. The Bertz CT molecular complexity index is 546. The number of hydrogen-bond donors (Lipinski definition) is 1. The predicted octanol–water partition coefficient (Wildman–Crippen LogP) is 2.65. The number of nitrogens with one attached hydrogen (secondary N) is 1. The van der Waals surface area contributed by atoms with Crippen LogP contribution in [-0.2, 0) is 4.79 Å². The Morgan fingerprint density at radius 3 is 2.68 bits per heavy atom. The van der Waals surface area contributed by atoms with Crippen LogP contribution in [0.2, 0.25) is 0 Å². The predicted molar refractivity (Wildman–Crippen MR) is 70.7 cm³/mol. The zero-order valence-corrected chi connectivity index (χ0v) is 11.0. The third kappa shape index (κ3) is 2.60. The number of carbonyl (C=O) groups excluding carboxylic acids is 2. The van der Waals surface area contributed by atoms with E-state index in [0.29, 0.717) is 12.0 Å². The maximum Gasteiger partial charge on any atom is 0.286 e. The fraction of sp³-hybridized carbons (Fsp3) is 0.333. The van der Waals surface area contributed by atoms with E-state index in [9.17, 15) is 19.7 Å². The van der Waals surface area contributed by atoms with E-state index in [0.717, 1.165) is 11.8 Å². The number of hydrogen-bond acceptors (Lipinski definition) is 5. The van der Waals surface area contributed by atoms with E-state index in [2.05, 4.69) is 5.32 Å². The Morgan fingerprint density at radius 2 is 2.05 bits per heavy atom. The molecule has 0 radical (unpaired) electrons. The van der Waals surface area contributed by atoms with Crippen LogP contribution in [0.5, 0.6) is 0 Å². The van der Waals surface area contributed by atoms with Gasteiger partial charge in [0.1, 0.15) is 0 Å². The summed E-state index contributed by atoms with van der Waals surface area (Å²) in [6.45, 7) is 1.82. The van der Waals surface area contributed by atoms with Gasteiger partial charge in [-0.1, -0.05) is 36.9 Å². The van der Waals surface area contributed by atoms with Gasteiger partial charge in [0.2, 0.25) is 5.91 Å². The van der Waals surface area contributed by atoms with Crippen molar-refractivity contribution >= 4 is 28.6 Å². The normalized spacial score (nSPS) is 23.0. The van der Waals surface area contributed by atoms with Crippen molar-refractivity contribution in [1.82, 2.24) is 5.32 Å². The van der Waals surface area contributed by atoms with Gasteiger partial charge in [-0.15, -0.1) is 0 Å². The van der Waals surface area contributed by atoms with Crippen LogP contribution < -0.4 is 5.32 Å². The third-order valence-electron chi connectivity index (χ3n) is 3.04. The molecule has 2 unspecified atom stereocenters. The van der Waals surface area contributed by atoms with Gasteiger partial charge >= 0.3 is 0 Å². The third-order valence-corrected chi connectivity index (χ3v) is 4.19. The molecule has 0 saturated carbocycles. The maximum atomic E-state index is 11.8. The molecule has 1 N–H and O–H groups in total. The monoisotopic (exact) mass is 280 g/mol. The van der Waals surface area contributed by atoms with Crippen LogP contribution in [-0.4, -0.2) is 16.1 Å². The van der Waals surface area contributed by atoms with Gasteiger partial charge in [0, 0.05) is 11.6 Å². The van der Waals surface area contributed by atoms with Crippen LogP contribution >= 0.6 is 11.8 Å². The SMILES string of the molecule is CCC1C(=O)NC(=O)SC1c1ccccc1[N+](=O)[O-]. The molecule has 19 heavy (non-hydrogen) atoms. The summed E-state index contributed by atoms with van der Waals surface area (Å²) < 4.78 is 0. The highest BCUT2D eigenvalue weighted by Gasteiger charge is 2.39. The number of benzene rings is 1. The molecule has 1 saturated heterocycles. The summed E-state index contributed by atoms with van der Waals surface area (Å²) in [5.74, 6) is -0.807. The van der Waals surface area contributed by atoms with Crippen molar-refractivity contribution in [2.75, 3.05) is 0 Å². The topological polar surface area (TPSA) is 89.3 Å². The molecular formula is C12H12N2O4S. The highest BCUT2D eigenvalue weighted by atomic mass is 32.2. The first-order valence-electron chi connectivity index (χ1n) is 5.79. The van der Waals surface area contributed by atoms with E-state index in [4.69, 9.17) is 0 Å². The molecule has 1 aromatic carbocycles. The summed E-state index contributed by atoms with van der Waals surface area (Å²) in [5, 5.41) is 12.3. The number of nitro benzene ring substituents is 1. The number of amides is 2. The van der Waals surface area contributed by atoms with Crippen LogP contribution in [0, 0.1) is 16.0 Å². The fourth-order valence-corrected chi connectivity index (χ4v) is 3.33. The first-order chi connectivity index (χ1) is 9.04. The lowest BCUT2D eigenvalue weighted by atomic mass is 9.94. The van der Waals surface area contributed by atoms with E-state index in [1.807, 2.05) is 6.92 Å². The summed E-state index contributed by atoms with van der Waals surface area (Å²) in [5.41, 5.74) is 0.369. The molecule has 1 aliphatic rings. The quantitative estimate of drug-likeness (QED) is 0.679. The lowest BCUT2D eigenvalue weighted by Gasteiger charge is -2.28. The summed E-state index contributed by atoms with van der Waals surface area (Å²) in [6, 6.07) is 6.23. The fourth-order valence-electron chi connectivity index (χ4n) is 2.13. The minimum atomic E-state index is -0.507. The van der Waals surface area contributed by atoms with Crippen LogP contribution in [0.25, 0.3) is 0 Å². The van der Waals surface area contributed by atoms with Crippen molar-refractivity contribution in [3.8, 4) is 0 Å². The van der Waals surface area contributed by atoms with Crippen molar-refractivity contribution in [2.24, 2.45) is 5.92 Å². The average Bonchev–Trinajstić information content (AvgIpc) is 2.37. The average molecular weight is 280 g/mol. The lowest BCUT2D eigenvalue weighted by molar-refractivity contribution is -0.385. The second-order valence-corrected chi connectivity index (χ2v) is 5.26. The number of carbonyl (C=O) groups is 2. The molecule has 1 fully saturated rings. The number of thioether (sulfide) groups is 1. The van der Waals surface area contributed by atoms with Crippen molar-refractivity contribution in [2.45, 2.75) is 18.6 Å². The standard InChI is InChI=1S/C12H12N2O4S/c1-2-7-10(19-12(16)13-11(7)15)8-5-3-4-6-9(8)14(17)18/h3-7,10H,2H2,1H3,(H,13,15,16). The largest absolute Gasteiger partial charge is 0.287 e. The highest BCUT2D eigenvalue weighted by Crippen LogP contribution is 2.44. The number of rotatable bonds is 3. The number of nitrogens with zero attached hydrogens (tertiary/aromatic N) is 1. The Morgan fingerprint density at radius 1 is 1.37 bits per heavy atom. The first-order valence-corrected chi connectivity index (χ1v) is 6.67. The van der Waals surface area contributed by atoms with Crippen LogP contribution in [0.15, 0.2) is 24.3 Å². The molecule has 2 amide bonds. The smallest absolute Gasteiger partial charge is 0.286 e. The van der Waals surface area contributed by atoms with Gasteiger partial charge in [-0.05, 0) is 6.42 Å². The molecule has 0 bridgehead atoms. The molecule has 2 rings (SSSR count). The maximum absolute atomic E-state index is 11.8. The van der Waals surface area contributed by atoms with Gasteiger partial charge in [-0.3, -0.25) is 25.0 Å². The molecule has 0 aromatic heterocycles. The minimum absolute atomic E-state index is 0.0547. The molecule has 0 spiro atoms. The number of nitro groups is 1. The summed E-state index contributed by atoms with van der Waals surface area (Å²) >= 11 is 0.932. The molecule has 100 valence electrons. The molecule has 1 aromatic rings. The molecule has 1 heterocycles. The summed E-state index contributed by atoms with van der Waals surface area (Å²) in [4.78, 5) is 33.8. The van der Waals surface area contributed by atoms with Gasteiger partial charge in [-0.25, -0.2) is 0 Å². The van der Waals surface area contributed by atoms with E-state index in [1.165, 1.54) is 6.07 Å². The second-order valence-electron chi connectivity index (χ2n) is 4.15. The van der Waals surface area contributed by atoms with E-state index in [1.54, 1.807) is 18.2 Å². The number of para-hydroxylation sites is 1. The zero-order valence-electron chi connectivity index (χ0n) is 10.2. The van der Waals surface area contributed by atoms with Crippen molar-refractivity contribution in [1.29, 1.82) is 0 Å². The Labute approximate surface area is 113 Å². The first kappa shape index (κ1) is 13.5. The van der Waals surface area contributed by atoms with Crippen LogP contribution in [0.1, 0.15) is 24.2 Å². The highest BCUT2D eigenvalue weighted by molar-refractivity contribution is 8.13. The Balaban J connectivity index is 2.46. The molecule has 7 heteroatoms. The van der Waals surface area contributed by atoms with Crippen molar-refractivity contribution in [3.63, 3.8) is 0 Å². The Hall–Kier alpha value is -1.89. The molecule has 2 atom stereocenters. The van der Waals surface area contributed by atoms with Crippen LogP contribution in [0.4, 0.5) is 10.5 Å². The molecule has 1 aliphatic heterocycles. The van der Waals surface area contributed by atoms with Gasteiger partial charge < -0.3 is 0 Å². The Kier molecular flexibility index (Phi) is 3.84. The minimum Gasteiger partial charge on any atom is -0.287 e. The van der Waals surface area contributed by atoms with E-state index >= 15 is 0 Å². The van der Waals surface area contributed by atoms with Gasteiger partial charge in [0.25, 0.3) is 10.9 Å². The number of imide groups is 1. The van der Waals surface area contributed by atoms with Gasteiger partial charge in [0.05, 0.1) is 16.1 Å². The van der Waals surface area contributed by atoms with Crippen LogP contribution in [0.3, 0.4) is 0 Å².